The molecule has 0 N–H and O–H groups in total. The first-order valence-corrected chi connectivity index (χ1v) is 9.25. The van der Waals surface area contributed by atoms with Crippen molar-refractivity contribution in [3.8, 4) is 0 Å². The molecule has 0 amide bonds. The molecule has 0 saturated carbocycles. The van der Waals surface area contributed by atoms with Gasteiger partial charge in [0, 0.05) is 12.0 Å². The number of nitrogens with zero attached hydrogens (tertiary/aromatic N) is 1. The van der Waals surface area contributed by atoms with Gasteiger partial charge < -0.3 is 21.5 Å². The average molecular weight is 348 g/mol. The lowest BCUT2D eigenvalue weighted by Crippen LogP contribution is -3.00. The molecule has 0 atom stereocenters. The van der Waals surface area contributed by atoms with Crippen LogP contribution in [-0.4, -0.2) is 52.6 Å². The second kappa shape index (κ2) is 9.64. The van der Waals surface area contributed by atoms with Crippen LogP contribution in [0, 0.1) is 0 Å². The molecular formula is C11H26BrNO2S2. The third-order valence-electron chi connectivity index (χ3n) is 2.27. The summed E-state index contributed by atoms with van der Waals surface area (Å²) in [5, 5.41) is 0. The van der Waals surface area contributed by atoms with E-state index in [0.717, 1.165) is 33.9 Å². The fraction of sp³-hybridized carbons (Fsp3) is 1.00. The van der Waals surface area contributed by atoms with Gasteiger partial charge in [-0.1, -0.05) is 12.8 Å². The van der Waals surface area contributed by atoms with Gasteiger partial charge in [-0.2, -0.15) is 0 Å². The van der Waals surface area contributed by atoms with Crippen LogP contribution in [0.3, 0.4) is 0 Å². The molecule has 0 bridgehead atoms. The maximum Gasteiger partial charge on any atom is 0.198 e. The van der Waals surface area contributed by atoms with Crippen LogP contribution in [0.2, 0.25) is 0 Å². The van der Waals surface area contributed by atoms with Crippen LogP contribution >= 0.6 is 10.8 Å². The normalized spacial score (nSPS) is 12.2. The van der Waals surface area contributed by atoms with Gasteiger partial charge in [0.15, 0.2) is 8.87 Å². The minimum atomic E-state index is -2.83. The van der Waals surface area contributed by atoms with Crippen molar-refractivity contribution in [3.63, 3.8) is 0 Å². The summed E-state index contributed by atoms with van der Waals surface area (Å²) >= 11 is 0. The van der Waals surface area contributed by atoms with Crippen molar-refractivity contribution in [3.05, 3.63) is 0 Å². The summed E-state index contributed by atoms with van der Waals surface area (Å²) in [6, 6.07) is 0. The summed E-state index contributed by atoms with van der Waals surface area (Å²) in [4.78, 5) is 0. The summed E-state index contributed by atoms with van der Waals surface area (Å²) < 4.78 is 22.7. The topological polar surface area (TPSA) is 34.1 Å². The molecule has 0 aliphatic carbocycles. The van der Waals surface area contributed by atoms with E-state index in [-0.39, 0.29) is 17.0 Å². The van der Waals surface area contributed by atoms with Gasteiger partial charge >= 0.3 is 0 Å². The number of unbranched alkanes of at least 4 members (excludes halogenated alkanes) is 4. The predicted octanol–water partition coefficient (Wildman–Crippen LogP) is -0.660. The van der Waals surface area contributed by atoms with Gasteiger partial charge in [-0.15, -0.1) is 0 Å². The first-order valence-electron chi connectivity index (χ1n) is 5.85. The third kappa shape index (κ3) is 19.3. The lowest BCUT2D eigenvalue weighted by atomic mass is 10.1. The molecular weight excluding hydrogens is 322 g/mol. The quantitative estimate of drug-likeness (QED) is 0.315. The smallest absolute Gasteiger partial charge is 0.198 e. The Morgan fingerprint density at radius 2 is 1.41 bits per heavy atom. The highest BCUT2D eigenvalue weighted by atomic mass is 79.9. The van der Waals surface area contributed by atoms with Crippen LogP contribution in [0.1, 0.15) is 32.1 Å². The number of quaternary nitrogens is 1. The SMILES string of the molecule is C[N+](C)(C)CCCCCCCSS(C)(=O)=O.[Br-]. The summed E-state index contributed by atoms with van der Waals surface area (Å²) in [6.07, 6.45) is 7.20. The minimum absolute atomic E-state index is 0. The Kier molecular flexibility index (Phi) is 11.4. The molecule has 3 nitrogen and oxygen atoms in total. The molecule has 0 aromatic rings. The summed E-state index contributed by atoms with van der Waals surface area (Å²) in [6.45, 7) is 1.22. The van der Waals surface area contributed by atoms with Gasteiger partial charge in [0.05, 0.1) is 27.7 Å². The largest absolute Gasteiger partial charge is 1.00 e. The van der Waals surface area contributed by atoms with Gasteiger partial charge in [0.25, 0.3) is 0 Å². The van der Waals surface area contributed by atoms with Crippen molar-refractivity contribution in [1.29, 1.82) is 0 Å². The molecule has 0 spiro atoms. The van der Waals surface area contributed by atoms with E-state index in [4.69, 9.17) is 0 Å². The van der Waals surface area contributed by atoms with Crippen molar-refractivity contribution in [2.75, 3.05) is 39.7 Å². The molecule has 0 aliphatic heterocycles. The van der Waals surface area contributed by atoms with E-state index in [9.17, 15) is 8.42 Å². The Balaban J connectivity index is 0. The Labute approximate surface area is 121 Å². The highest BCUT2D eigenvalue weighted by Gasteiger charge is 2.05. The van der Waals surface area contributed by atoms with Gasteiger partial charge in [0.2, 0.25) is 0 Å². The molecule has 0 aromatic heterocycles. The van der Waals surface area contributed by atoms with Crippen LogP contribution in [0.4, 0.5) is 0 Å². The molecule has 0 radical (unpaired) electrons. The second-order valence-corrected chi connectivity index (χ2v) is 9.88. The maximum atomic E-state index is 10.8. The van der Waals surface area contributed by atoms with Crippen LogP contribution < -0.4 is 17.0 Å². The number of halogens is 1. The van der Waals surface area contributed by atoms with Gasteiger partial charge in [-0.3, -0.25) is 0 Å². The Morgan fingerprint density at radius 1 is 0.941 bits per heavy atom. The molecule has 0 heterocycles. The highest BCUT2D eigenvalue weighted by Crippen LogP contribution is 2.14. The first-order chi connectivity index (χ1) is 7.21. The minimum Gasteiger partial charge on any atom is -1.00 e. The molecule has 0 aromatic carbocycles. The van der Waals surface area contributed by atoms with Gasteiger partial charge in [-0.05, 0) is 30.1 Å². The van der Waals surface area contributed by atoms with E-state index in [1.54, 1.807) is 0 Å². The van der Waals surface area contributed by atoms with E-state index in [1.807, 2.05) is 0 Å². The van der Waals surface area contributed by atoms with Crippen molar-refractivity contribution < 1.29 is 29.9 Å². The highest BCUT2D eigenvalue weighted by molar-refractivity contribution is 8.71. The van der Waals surface area contributed by atoms with Gasteiger partial charge in [0.1, 0.15) is 0 Å². The summed E-state index contributed by atoms with van der Waals surface area (Å²) in [5.74, 6) is 0.744. The van der Waals surface area contributed by atoms with Crippen molar-refractivity contribution >= 4 is 19.7 Å². The van der Waals surface area contributed by atoms with Crippen LogP contribution in [0.5, 0.6) is 0 Å². The molecule has 0 aliphatic rings. The van der Waals surface area contributed by atoms with Crippen LogP contribution in [0.15, 0.2) is 0 Å². The average Bonchev–Trinajstić information content (AvgIpc) is 2.06. The summed E-state index contributed by atoms with van der Waals surface area (Å²) in [7, 11) is 4.88. The standard InChI is InChI=1S/C11H26NO2S2.BrH/c1-12(2,3)10-8-6-5-7-9-11-15-16(4,13)14;/h5-11H2,1-4H3;1H/q+1;/p-1. The molecule has 0 rings (SSSR count). The van der Waals surface area contributed by atoms with Crippen molar-refractivity contribution in [1.82, 2.24) is 0 Å². The second-order valence-electron chi connectivity index (χ2n) is 5.31. The number of hydrogen-bond donors (Lipinski definition) is 0. The van der Waals surface area contributed by atoms with E-state index in [2.05, 4.69) is 21.1 Å². The van der Waals surface area contributed by atoms with E-state index in [1.165, 1.54) is 32.1 Å². The van der Waals surface area contributed by atoms with Crippen LogP contribution in [-0.2, 0) is 8.87 Å². The molecule has 106 valence electrons. The fourth-order valence-corrected chi connectivity index (χ4v) is 3.32. The maximum absolute atomic E-state index is 10.8. The lowest BCUT2D eigenvalue weighted by molar-refractivity contribution is -0.870. The number of rotatable bonds is 9. The Hall–Kier alpha value is 0.740. The monoisotopic (exact) mass is 347 g/mol. The lowest BCUT2D eigenvalue weighted by Gasteiger charge is -2.23. The van der Waals surface area contributed by atoms with Crippen LogP contribution in [0.25, 0.3) is 0 Å². The van der Waals surface area contributed by atoms with Gasteiger partial charge in [-0.25, -0.2) is 8.42 Å². The summed E-state index contributed by atoms with van der Waals surface area (Å²) in [5.41, 5.74) is 0. The Bertz CT molecular complexity index is 274. The van der Waals surface area contributed by atoms with Crippen molar-refractivity contribution in [2.24, 2.45) is 0 Å². The molecule has 17 heavy (non-hydrogen) atoms. The Morgan fingerprint density at radius 3 is 1.88 bits per heavy atom. The van der Waals surface area contributed by atoms with E-state index >= 15 is 0 Å². The zero-order valence-corrected chi connectivity index (χ0v) is 14.6. The third-order valence-corrected chi connectivity index (χ3v) is 4.94. The van der Waals surface area contributed by atoms with Crippen molar-refractivity contribution in [2.45, 2.75) is 32.1 Å². The predicted molar refractivity (Wildman–Crippen MR) is 73.3 cm³/mol. The molecule has 0 saturated heterocycles. The van der Waals surface area contributed by atoms with E-state index < -0.39 is 8.87 Å². The molecule has 0 unspecified atom stereocenters. The number of hydrogen-bond acceptors (Lipinski definition) is 3. The molecule has 6 heteroatoms. The van der Waals surface area contributed by atoms with E-state index in [0.29, 0.717) is 0 Å². The fourth-order valence-electron chi connectivity index (χ4n) is 1.43. The zero-order chi connectivity index (χ0) is 12.7. The zero-order valence-electron chi connectivity index (χ0n) is 11.4. The molecule has 0 fully saturated rings. The first kappa shape index (κ1) is 20.1.